The van der Waals surface area contributed by atoms with Crippen molar-refractivity contribution in [1.82, 2.24) is 10.2 Å². The smallest absolute Gasteiger partial charge is 0.253 e. The van der Waals surface area contributed by atoms with Gasteiger partial charge in [-0.25, -0.2) is 4.39 Å². The minimum absolute atomic E-state index is 0.00222. The Bertz CT molecular complexity index is 403. The highest BCUT2D eigenvalue weighted by molar-refractivity contribution is 5.94. The van der Waals surface area contributed by atoms with Gasteiger partial charge in [-0.1, -0.05) is 6.92 Å². The van der Waals surface area contributed by atoms with Gasteiger partial charge >= 0.3 is 0 Å². The van der Waals surface area contributed by atoms with Crippen LogP contribution in [-0.2, 0) is 0 Å². The summed E-state index contributed by atoms with van der Waals surface area (Å²) in [5.74, 6) is -0.312. The fourth-order valence-corrected chi connectivity index (χ4v) is 2.39. The Morgan fingerprint density at radius 1 is 1.44 bits per heavy atom. The summed E-state index contributed by atoms with van der Waals surface area (Å²) in [6, 6.07) is 6.15. The van der Waals surface area contributed by atoms with E-state index in [1.165, 1.54) is 12.1 Å². The van der Waals surface area contributed by atoms with Crippen LogP contribution < -0.4 is 5.32 Å². The molecule has 0 aromatic heterocycles. The van der Waals surface area contributed by atoms with Gasteiger partial charge in [0.1, 0.15) is 5.82 Å². The first kappa shape index (κ1) is 13.0. The number of hydrogen-bond donors (Lipinski definition) is 1. The van der Waals surface area contributed by atoms with Crippen molar-refractivity contribution in [1.29, 1.82) is 0 Å². The number of hydrogen-bond acceptors (Lipinski definition) is 2. The molecule has 98 valence electrons. The van der Waals surface area contributed by atoms with E-state index in [1.807, 2.05) is 4.90 Å². The summed E-state index contributed by atoms with van der Waals surface area (Å²) in [7, 11) is 0. The third-order valence-electron chi connectivity index (χ3n) is 3.29. The summed E-state index contributed by atoms with van der Waals surface area (Å²) in [4.78, 5) is 14.1. The normalized spacial score (nSPS) is 19.9. The molecule has 0 aliphatic carbocycles. The second-order valence-corrected chi connectivity index (χ2v) is 4.65. The molecule has 1 unspecified atom stereocenters. The zero-order valence-corrected chi connectivity index (χ0v) is 10.7. The maximum atomic E-state index is 12.8. The lowest BCUT2D eigenvalue weighted by Crippen LogP contribution is -2.47. The lowest BCUT2D eigenvalue weighted by Gasteiger charge is -2.33. The highest BCUT2D eigenvalue weighted by Gasteiger charge is 2.23. The molecule has 0 bridgehead atoms. The van der Waals surface area contributed by atoms with Crippen LogP contribution in [0.2, 0.25) is 0 Å². The van der Waals surface area contributed by atoms with Crippen molar-refractivity contribution in [3.63, 3.8) is 0 Å². The molecule has 0 saturated carbocycles. The molecule has 3 nitrogen and oxygen atoms in total. The van der Waals surface area contributed by atoms with Crippen LogP contribution in [0.25, 0.3) is 0 Å². The van der Waals surface area contributed by atoms with E-state index in [9.17, 15) is 9.18 Å². The second kappa shape index (κ2) is 5.96. The van der Waals surface area contributed by atoms with Crippen molar-refractivity contribution >= 4 is 5.91 Å². The minimum Gasteiger partial charge on any atom is -0.337 e. The van der Waals surface area contributed by atoms with E-state index in [0.29, 0.717) is 11.6 Å². The SMILES string of the molecule is CCNC1CCCN(C(=O)c2ccc(F)cc2)C1. The Morgan fingerprint density at radius 2 is 2.17 bits per heavy atom. The fourth-order valence-electron chi connectivity index (χ4n) is 2.39. The molecule has 2 rings (SSSR count). The molecule has 1 fully saturated rings. The lowest BCUT2D eigenvalue weighted by molar-refractivity contribution is 0.0695. The highest BCUT2D eigenvalue weighted by atomic mass is 19.1. The van der Waals surface area contributed by atoms with Gasteiger partial charge in [0.25, 0.3) is 5.91 Å². The van der Waals surface area contributed by atoms with Gasteiger partial charge in [0.05, 0.1) is 0 Å². The van der Waals surface area contributed by atoms with Gasteiger partial charge in [-0.05, 0) is 43.7 Å². The Kier molecular flexibility index (Phi) is 4.31. The van der Waals surface area contributed by atoms with Crippen LogP contribution in [0.3, 0.4) is 0 Å². The zero-order valence-electron chi connectivity index (χ0n) is 10.7. The number of carbonyl (C=O) groups is 1. The number of piperidine rings is 1. The summed E-state index contributed by atoms with van der Waals surface area (Å²) < 4.78 is 12.8. The average molecular weight is 250 g/mol. The third-order valence-corrected chi connectivity index (χ3v) is 3.29. The predicted molar refractivity (Wildman–Crippen MR) is 69.0 cm³/mol. The van der Waals surface area contributed by atoms with Gasteiger partial charge < -0.3 is 10.2 Å². The summed E-state index contributed by atoms with van der Waals surface area (Å²) in [6.45, 7) is 4.52. The largest absolute Gasteiger partial charge is 0.337 e. The molecular formula is C14H19FN2O. The third kappa shape index (κ3) is 3.07. The van der Waals surface area contributed by atoms with E-state index in [0.717, 1.165) is 32.5 Å². The summed E-state index contributed by atoms with van der Waals surface area (Å²) in [5.41, 5.74) is 0.563. The standard InChI is InChI=1S/C14H19FN2O/c1-2-16-13-4-3-9-17(10-13)14(18)11-5-7-12(15)8-6-11/h5-8,13,16H,2-4,9-10H2,1H3. The molecule has 1 aliphatic heterocycles. The Labute approximate surface area is 107 Å². The van der Waals surface area contributed by atoms with Crippen molar-refractivity contribution in [3.8, 4) is 0 Å². The van der Waals surface area contributed by atoms with E-state index in [4.69, 9.17) is 0 Å². The fraction of sp³-hybridized carbons (Fsp3) is 0.500. The maximum Gasteiger partial charge on any atom is 0.253 e. The number of likely N-dealkylation sites (N-methyl/N-ethyl adjacent to an activating group) is 1. The van der Waals surface area contributed by atoms with Crippen LogP contribution in [-0.4, -0.2) is 36.5 Å². The number of nitrogens with one attached hydrogen (secondary N) is 1. The zero-order chi connectivity index (χ0) is 13.0. The molecule has 18 heavy (non-hydrogen) atoms. The summed E-state index contributed by atoms with van der Waals surface area (Å²) in [5, 5.41) is 3.38. The van der Waals surface area contributed by atoms with Crippen LogP contribution in [0.15, 0.2) is 24.3 Å². The number of benzene rings is 1. The van der Waals surface area contributed by atoms with Crippen LogP contribution in [0.5, 0.6) is 0 Å². The molecule has 1 saturated heterocycles. The lowest BCUT2D eigenvalue weighted by atomic mass is 10.0. The van der Waals surface area contributed by atoms with E-state index >= 15 is 0 Å². The van der Waals surface area contributed by atoms with Crippen molar-refractivity contribution in [2.24, 2.45) is 0 Å². The number of likely N-dealkylation sites (tertiary alicyclic amines) is 1. The van der Waals surface area contributed by atoms with Gasteiger partial charge in [0.2, 0.25) is 0 Å². The first-order valence-electron chi connectivity index (χ1n) is 6.49. The molecule has 1 N–H and O–H groups in total. The first-order chi connectivity index (χ1) is 8.70. The van der Waals surface area contributed by atoms with Gasteiger partial charge in [0, 0.05) is 24.7 Å². The Morgan fingerprint density at radius 3 is 2.83 bits per heavy atom. The van der Waals surface area contributed by atoms with Crippen LogP contribution in [0.1, 0.15) is 30.1 Å². The molecule has 1 aromatic rings. The Hall–Kier alpha value is -1.42. The van der Waals surface area contributed by atoms with E-state index in [-0.39, 0.29) is 11.7 Å². The number of nitrogens with zero attached hydrogens (tertiary/aromatic N) is 1. The molecule has 1 atom stereocenters. The monoisotopic (exact) mass is 250 g/mol. The van der Waals surface area contributed by atoms with Gasteiger partial charge in [-0.2, -0.15) is 0 Å². The quantitative estimate of drug-likeness (QED) is 0.890. The molecule has 1 aromatic carbocycles. The topological polar surface area (TPSA) is 32.3 Å². The van der Waals surface area contributed by atoms with Crippen LogP contribution in [0, 0.1) is 5.82 Å². The van der Waals surface area contributed by atoms with Crippen molar-refractivity contribution in [2.45, 2.75) is 25.8 Å². The van der Waals surface area contributed by atoms with Gasteiger partial charge in [-0.15, -0.1) is 0 Å². The molecular weight excluding hydrogens is 231 g/mol. The maximum absolute atomic E-state index is 12.8. The van der Waals surface area contributed by atoms with Crippen LogP contribution in [0.4, 0.5) is 4.39 Å². The first-order valence-corrected chi connectivity index (χ1v) is 6.49. The van der Waals surface area contributed by atoms with E-state index in [2.05, 4.69) is 12.2 Å². The summed E-state index contributed by atoms with van der Waals surface area (Å²) >= 11 is 0. The van der Waals surface area contributed by atoms with Crippen LogP contribution >= 0.6 is 0 Å². The van der Waals surface area contributed by atoms with Crippen molar-refractivity contribution in [3.05, 3.63) is 35.6 Å². The molecule has 1 amide bonds. The number of rotatable bonds is 3. The summed E-state index contributed by atoms with van der Waals surface area (Å²) in [6.07, 6.45) is 2.13. The van der Waals surface area contributed by atoms with Crippen molar-refractivity contribution < 1.29 is 9.18 Å². The number of halogens is 1. The predicted octanol–water partition coefficient (Wildman–Crippen LogP) is 2.04. The Balaban J connectivity index is 2.02. The average Bonchev–Trinajstić information content (AvgIpc) is 2.39. The highest BCUT2D eigenvalue weighted by Crippen LogP contribution is 2.14. The molecule has 0 radical (unpaired) electrons. The molecule has 1 heterocycles. The van der Waals surface area contributed by atoms with E-state index < -0.39 is 0 Å². The van der Waals surface area contributed by atoms with Gasteiger partial charge in [0.15, 0.2) is 0 Å². The van der Waals surface area contributed by atoms with Gasteiger partial charge in [-0.3, -0.25) is 4.79 Å². The number of amides is 1. The molecule has 4 heteroatoms. The second-order valence-electron chi connectivity index (χ2n) is 4.65. The van der Waals surface area contributed by atoms with E-state index in [1.54, 1.807) is 12.1 Å². The molecule has 1 aliphatic rings. The minimum atomic E-state index is -0.310. The number of carbonyl (C=O) groups excluding carboxylic acids is 1. The molecule has 0 spiro atoms. The van der Waals surface area contributed by atoms with Crippen molar-refractivity contribution in [2.75, 3.05) is 19.6 Å².